The average molecular weight is 445 g/mol. The molecule has 2 aromatic rings. The molecule has 0 saturated carbocycles. The second-order valence-electron chi connectivity index (χ2n) is 7.24. The average Bonchev–Trinajstić information content (AvgIpc) is 2.70. The number of urea groups is 1. The molecule has 0 radical (unpaired) electrons. The van der Waals surface area contributed by atoms with Gasteiger partial charge in [-0.05, 0) is 61.7 Å². The Kier molecular flexibility index (Phi) is 6.35. The molecule has 0 saturated heterocycles. The summed E-state index contributed by atoms with van der Waals surface area (Å²) >= 11 is 0. The number of nitrogens with one attached hydrogen (secondary N) is 2. The van der Waals surface area contributed by atoms with Gasteiger partial charge in [0.1, 0.15) is 5.75 Å². The second-order valence-corrected chi connectivity index (χ2v) is 9.23. The van der Waals surface area contributed by atoms with Gasteiger partial charge in [-0.2, -0.15) is 0 Å². The molecule has 9 heteroatoms. The first-order valence-electron chi connectivity index (χ1n) is 9.69. The summed E-state index contributed by atoms with van der Waals surface area (Å²) in [6.07, 6.45) is 0. The van der Waals surface area contributed by atoms with Gasteiger partial charge in [0.25, 0.3) is 0 Å². The first kappa shape index (κ1) is 22.4. The van der Waals surface area contributed by atoms with Crippen LogP contribution in [0.2, 0.25) is 0 Å². The van der Waals surface area contributed by atoms with Crippen LogP contribution in [0.15, 0.2) is 58.6 Å². The quantitative estimate of drug-likeness (QED) is 0.589. The largest absolute Gasteiger partial charge is 0.508 e. The van der Waals surface area contributed by atoms with Gasteiger partial charge in [-0.25, -0.2) is 18.0 Å². The molecule has 0 bridgehead atoms. The number of esters is 1. The van der Waals surface area contributed by atoms with Crippen LogP contribution in [-0.4, -0.2) is 37.9 Å². The van der Waals surface area contributed by atoms with Gasteiger partial charge in [0.05, 0.1) is 28.9 Å². The molecule has 0 fully saturated rings. The Hall–Kier alpha value is -3.33. The van der Waals surface area contributed by atoms with E-state index in [1.807, 2.05) is 13.8 Å². The number of phenolic OH excluding ortho intramolecular Hbond substituents is 1. The topological polar surface area (TPSA) is 122 Å². The molecule has 3 rings (SSSR count). The molecule has 164 valence electrons. The normalized spacial score (nSPS) is 16.5. The monoisotopic (exact) mass is 444 g/mol. The highest BCUT2D eigenvalue weighted by Crippen LogP contribution is 2.30. The van der Waals surface area contributed by atoms with Gasteiger partial charge in [0.15, 0.2) is 9.84 Å². The second kappa shape index (κ2) is 8.81. The van der Waals surface area contributed by atoms with Crippen molar-refractivity contribution in [3.8, 4) is 5.75 Å². The first-order chi connectivity index (χ1) is 14.6. The van der Waals surface area contributed by atoms with Gasteiger partial charge < -0.3 is 20.5 Å². The Labute approximate surface area is 180 Å². The van der Waals surface area contributed by atoms with Gasteiger partial charge in [-0.15, -0.1) is 0 Å². The fourth-order valence-corrected chi connectivity index (χ4v) is 4.69. The molecule has 1 heterocycles. The predicted octanol–water partition coefficient (Wildman–Crippen LogP) is 2.65. The van der Waals surface area contributed by atoms with Gasteiger partial charge in [-0.3, -0.25) is 0 Å². The number of amides is 2. The summed E-state index contributed by atoms with van der Waals surface area (Å²) in [4.78, 5) is 25.2. The maximum absolute atomic E-state index is 13.1. The molecule has 1 atom stereocenters. The minimum Gasteiger partial charge on any atom is -0.508 e. The summed E-state index contributed by atoms with van der Waals surface area (Å²) in [6.45, 7) is 5.40. The van der Waals surface area contributed by atoms with E-state index in [2.05, 4.69) is 10.6 Å². The van der Waals surface area contributed by atoms with E-state index in [1.165, 1.54) is 18.2 Å². The molecule has 3 N–H and O–H groups in total. The predicted molar refractivity (Wildman–Crippen MR) is 114 cm³/mol. The lowest BCUT2D eigenvalue weighted by atomic mass is 9.95. The highest BCUT2D eigenvalue weighted by atomic mass is 32.2. The first-order valence-corrected chi connectivity index (χ1v) is 11.3. The zero-order valence-electron chi connectivity index (χ0n) is 17.4. The molecule has 31 heavy (non-hydrogen) atoms. The minimum absolute atomic E-state index is 0.000418. The molecular weight excluding hydrogens is 420 g/mol. The highest BCUT2D eigenvalue weighted by Gasteiger charge is 2.35. The highest BCUT2D eigenvalue weighted by molar-refractivity contribution is 7.91. The molecule has 0 spiro atoms. The van der Waals surface area contributed by atoms with Crippen molar-refractivity contribution in [2.45, 2.75) is 31.7 Å². The van der Waals surface area contributed by atoms with Crippen molar-refractivity contribution in [3.63, 3.8) is 0 Å². The fraction of sp³-hybridized carbons (Fsp3) is 0.273. The number of carbonyl (C=O) groups excluding carboxylic acids is 2. The zero-order valence-corrected chi connectivity index (χ0v) is 18.2. The molecule has 1 aliphatic rings. The van der Waals surface area contributed by atoms with Gasteiger partial charge in [-0.1, -0.05) is 18.2 Å². The number of phenols is 1. The van der Waals surface area contributed by atoms with E-state index in [9.17, 15) is 23.1 Å². The van der Waals surface area contributed by atoms with Gasteiger partial charge >= 0.3 is 12.0 Å². The van der Waals surface area contributed by atoms with E-state index < -0.39 is 33.6 Å². The maximum atomic E-state index is 13.1. The lowest BCUT2D eigenvalue weighted by Gasteiger charge is -2.29. The van der Waals surface area contributed by atoms with Crippen LogP contribution in [0, 0.1) is 13.8 Å². The molecule has 0 aromatic heterocycles. The number of sulfone groups is 1. The lowest BCUT2D eigenvalue weighted by molar-refractivity contribution is -0.139. The van der Waals surface area contributed by atoms with Crippen LogP contribution < -0.4 is 10.6 Å². The van der Waals surface area contributed by atoms with Gasteiger partial charge in [0, 0.05) is 5.70 Å². The zero-order chi connectivity index (χ0) is 22.8. The van der Waals surface area contributed by atoms with E-state index in [4.69, 9.17) is 4.74 Å². The van der Waals surface area contributed by atoms with Gasteiger partial charge in [0.2, 0.25) is 0 Å². The molecule has 1 aliphatic heterocycles. The van der Waals surface area contributed by atoms with Crippen LogP contribution in [0.1, 0.15) is 29.7 Å². The van der Waals surface area contributed by atoms with E-state index in [-0.39, 0.29) is 28.5 Å². The third-order valence-corrected chi connectivity index (χ3v) is 6.69. The number of carbonyl (C=O) groups is 2. The Morgan fingerprint density at radius 2 is 1.77 bits per heavy atom. The van der Waals surface area contributed by atoms with Crippen LogP contribution in [0.3, 0.4) is 0 Å². The summed E-state index contributed by atoms with van der Waals surface area (Å²) in [5.41, 5.74) is 2.22. The van der Waals surface area contributed by atoms with E-state index in [1.54, 1.807) is 31.2 Å². The number of hydrogen-bond acceptors (Lipinski definition) is 6. The van der Waals surface area contributed by atoms with E-state index >= 15 is 0 Å². The number of aromatic hydroxyl groups is 1. The van der Waals surface area contributed by atoms with E-state index in [0.29, 0.717) is 5.56 Å². The maximum Gasteiger partial charge on any atom is 0.338 e. The molecular formula is C22H24N2O6S. The minimum atomic E-state index is -3.86. The Morgan fingerprint density at radius 3 is 2.39 bits per heavy atom. The number of rotatable bonds is 6. The Bertz CT molecular complexity index is 1150. The summed E-state index contributed by atoms with van der Waals surface area (Å²) in [5, 5.41) is 14.7. The molecule has 0 aliphatic carbocycles. The summed E-state index contributed by atoms with van der Waals surface area (Å²) < 4.78 is 31.3. The van der Waals surface area contributed by atoms with Crippen molar-refractivity contribution >= 4 is 21.8 Å². The van der Waals surface area contributed by atoms with Crippen LogP contribution in [0.5, 0.6) is 5.75 Å². The third kappa shape index (κ3) is 4.88. The fourth-order valence-electron chi connectivity index (χ4n) is 3.28. The standard InChI is InChI=1S/C22H24N2O6S/c1-4-30-21(26)19-18(12-31(28,29)17-10-5-13(2)14(3)11-17)23-22(27)24-20(19)15-6-8-16(25)9-7-15/h5-11,20,25H,4,12H2,1-3H3,(H2,23,24,27)/t20-/m0/s1. The summed E-state index contributed by atoms with van der Waals surface area (Å²) in [7, 11) is -3.86. The number of ether oxygens (including phenoxy) is 1. The van der Waals surface area contributed by atoms with Crippen LogP contribution in [0.4, 0.5) is 4.79 Å². The van der Waals surface area contributed by atoms with Crippen LogP contribution >= 0.6 is 0 Å². The van der Waals surface area contributed by atoms with Crippen molar-refractivity contribution in [1.82, 2.24) is 10.6 Å². The van der Waals surface area contributed by atoms with Crippen molar-refractivity contribution in [3.05, 3.63) is 70.4 Å². The molecule has 2 amide bonds. The molecule has 2 aromatic carbocycles. The number of aryl methyl sites for hydroxylation is 2. The number of benzene rings is 2. The van der Waals surface area contributed by atoms with Crippen LogP contribution in [0.25, 0.3) is 0 Å². The lowest BCUT2D eigenvalue weighted by Crippen LogP contribution is -2.47. The van der Waals surface area contributed by atoms with Crippen LogP contribution in [-0.2, 0) is 19.4 Å². The molecule has 8 nitrogen and oxygen atoms in total. The summed E-state index contributed by atoms with van der Waals surface area (Å²) in [6, 6.07) is 9.12. The van der Waals surface area contributed by atoms with Crippen molar-refractivity contribution < 1.29 is 27.9 Å². The third-order valence-electron chi connectivity index (χ3n) is 5.05. The smallest absolute Gasteiger partial charge is 0.338 e. The SMILES string of the molecule is CCOC(=O)C1=C(CS(=O)(=O)c2ccc(C)c(C)c2)NC(=O)N[C@H]1c1ccc(O)cc1. The Morgan fingerprint density at radius 1 is 1.10 bits per heavy atom. The Balaban J connectivity index is 2.10. The van der Waals surface area contributed by atoms with Crippen molar-refractivity contribution in [2.75, 3.05) is 12.4 Å². The van der Waals surface area contributed by atoms with Crippen molar-refractivity contribution in [1.29, 1.82) is 0 Å². The molecule has 0 unspecified atom stereocenters. The number of hydrogen-bond donors (Lipinski definition) is 3. The summed E-state index contributed by atoms with van der Waals surface area (Å²) in [5.74, 6) is -1.30. The van der Waals surface area contributed by atoms with E-state index in [0.717, 1.165) is 11.1 Å². The van der Waals surface area contributed by atoms with Crippen molar-refractivity contribution in [2.24, 2.45) is 0 Å².